The third-order valence-electron chi connectivity index (χ3n) is 7.11. The Morgan fingerprint density at radius 2 is 1.60 bits per heavy atom. The van der Waals surface area contributed by atoms with Crippen molar-refractivity contribution in [2.75, 3.05) is 18.0 Å². The maximum absolute atomic E-state index is 14.0. The van der Waals surface area contributed by atoms with E-state index < -0.39 is 28.5 Å². The van der Waals surface area contributed by atoms with E-state index in [9.17, 15) is 18.0 Å². The van der Waals surface area contributed by atoms with Crippen LogP contribution >= 0.6 is 11.6 Å². The number of hydrogen-bond acceptors (Lipinski definition) is 5. The number of carbonyl (C=O) groups is 2. The standard InChI is InChI=1S/C30H34ClN3O5S/c1-22(30(36)32-25-8-6-7-9-25)33(20-23-12-18-27(39-2)19-13-23)29(35)21-34(26-16-14-24(31)15-17-26)40(37,38)28-10-4-3-5-11-28/h3-5,10-19,22,25H,6-9,20-21H2,1-2H3,(H,32,36)/t22-/m0/s1. The summed E-state index contributed by atoms with van der Waals surface area (Å²) in [6.45, 7) is 1.28. The van der Waals surface area contributed by atoms with Gasteiger partial charge in [-0.15, -0.1) is 0 Å². The average molecular weight is 584 g/mol. The third-order valence-corrected chi connectivity index (χ3v) is 9.15. The van der Waals surface area contributed by atoms with Crippen LogP contribution in [-0.4, -0.2) is 50.9 Å². The Bertz CT molecular complexity index is 1390. The lowest BCUT2D eigenvalue weighted by Gasteiger charge is -2.32. The van der Waals surface area contributed by atoms with Gasteiger partial charge in [-0.05, 0) is 73.9 Å². The lowest BCUT2D eigenvalue weighted by molar-refractivity contribution is -0.139. The molecule has 0 bridgehead atoms. The number of amides is 2. The Kier molecular flexibility index (Phi) is 9.71. The molecule has 3 aromatic carbocycles. The van der Waals surface area contributed by atoms with Crippen LogP contribution in [0.15, 0.2) is 83.8 Å². The minimum Gasteiger partial charge on any atom is -0.497 e. The van der Waals surface area contributed by atoms with Crippen LogP contribution in [0.1, 0.15) is 38.2 Å². The number of hydrogen-bond donors (Lipinski definition) is 1. The van der Waals surface area contributed by atoms with Crippen molar-refractivity contribution in [1.29, 1.82) is 0 Å². The Morgan fingerprint density at radius 3 is 2.20 bits per heavy atom. The molecule has 1 saturated carbocycles. The van der Waals surface area contributed by atoms with Gasteiger partial charge in [0.25, 0.3) is 10.0 Å². The molecule has 1 aliphatic rings. The van der Waals surface area contributed by atoms with Gasteiger partial charge in [0.15, 0.2) is 0 Å². The fourth-order valence-corrected chi connectivity index (χ4v) is 6.32. The molecular weight excluding hydrogens is 550 g/mol. The second kappa shape index (κ2) is 13.2. The maximum Gasteiger partial charge on any atom is 0.264 e. The first-order valence-electron chi connectivity index (χ1n) is 13.2. The summed E-state index contributed by atoms with van der Waals surface area (Å²) in [4.78, 5) is 28.7. The second-order valence-corrected chi connectivity index (χ2v) is 12.1. The van der Waals surface area contributed by atoms with E-state index in [1.54, 1.807) is 68.6 Å². The zero-order valence-corrected chi connectivity index (χ0v) is 24.2. The molecule has 1 N–H and O–H groups in total. The monoisotopic (exact) mass is 583 g/mol. The number of rotatable bonds is 11. The van der Waals surface area contributed by atoms with Crippen molar-refractivity contribution >= 4 is 39.1 Å². The van der Waals surface area contributed by atoms with E-state index in [1.807, 2.05) is 12.1 Å². The van der Waals surface area contributed by atoms with E-state index in [1.165, 1.54) is 17.0 Å². The van der Waals surface area contributed by atoms with Gasteiger partial charge in [0.2, 0.25) is 11.8 Å². The van der Waals surface area contributed by atoms with Crippen LogP contribution < -0.4 is 14.4 Å². The summed E-state index contributed by atoms with van der Waals surface area (Å²) in [6, 6.07) is 20.6. The van der Waals surface area contributed by atoms with Gasteiger partial charge >= 0.3 is 0 Å². The molecule has 4 rings (SSSR count). The third kappa shape index (κ3) is 7.14. The first kappa shape index (κ1) is 29.4. The van der Waals surface area contributed by atoms with Gasteiger partial charge in [0.05, 0.1) is 17.7 Å². The van der Waals surface area contributed by atoms with Gasteiger partial charge in [-0.1, -0.05) is 54.8 Å². The number of methoxy groups -OCH3 is 1. The molecule has 0 aromatic heterocycles. The molecule has 0 spiro atoms. The topological polar surface area (TPSA) is 96.0 Å². The van der Waals surface area contributed by atoms with Crippen molar-refractivity contribution in [2.45, 2.75) is 56.1 Å². The number of halogens is 1. The molecule has 8 nitrogen and oxygen atoms in total. The normalized spacial score (nSPS) is 14.4. The summed E-state index contributed by atoms with van der Waals surface area (Å²) >= 11 is 6.07. The predicted molar refractivity (Wildman–Crippen MR) is 156 cm³/mol. The Balaban J connectivity index is 1.66. The molecule has 0 radical (unpaired) electrons. The molecule has 1 aliphatic carbocycles. The van der Waals surface area contributed by atoms with E-state index in [4.69, 9.17) is 16.3 Å². The molecule has 40 heavy (non-hydrogen) atoms. The van der Waals surface area contributed by atoms with Crippen molar-refractivity contribution in [1.82, 2.24) is 10.2 Å². The number of nitrogens with zero attached hydrogens (tertiary/aromatic N) is 2. The second-order valence-electron chi connectivity index (χ2n) is 9.84. The number of sulfonamides is 1. The largest absolute Gasteiger partial charge is 0.497 e. The SMILES string of the molecule is COc1ccc(CN(C(=O)CN(c2ccc(Cl)cc2)S(=O)(=O)c2ccccc2)[C@@H](C)C(=O)NC2CCCC2)cc1. The molecule has 212 valence electrons. The minimum absolute atomic E-state index is 0.0477. The van der Waals surface area contributed by atoms with Gasteiger partial charge in [-0.3, -0.25) is 13.9 Å². The van der Waals surface area contributed by atoms with Crippen LogP contribution in [-0.2, 0) is 26.2 Å². The number of carbonyl (C=O) groups excluding carboxylic acids is 2. The number of nitrogens with one attached hydrogen (secondary N) is 1. The smallest absolute Gasteiger partial charge is 0.264 e. The maximum atomic E-state index is 14.0. The van der Waals surface area contributed by atoms with Crippen LogP contribution in [0, 0.1) is 0 Å². The van der Waals surface area contributed by atoms with Gasteiger partial charge in [0, 0.05) is 17.6 Å². The van der Waals surface area contributed by atoms with Gasteiger partial charge in [-0.25, -0.2) is 8.42 Å². The zero-order chi connectivity index (χ0) is 28.7. The Labute approximate surface area is 240 Å². The summed E-state index contributed by atoms with van der Waals surface area (Å²) in [7, 11) is -2.55. The minimum atomic E-state index is -4.12. The van der Waals surface area contributed by atoms with E-state index in [2.05, 4.69) is 5.32 Å². The number of benzene rings is 3. The van der Waals surface area contributed by atoms with Crippen molar-refractivity contribution in [3.8, 4) is 5.75 Å². The number of ether oxygens (including phenoxy) is 1. The first-order valence-corrected chi connectivity index (χ1v) is 15.1. The van der Waals surface area contributed by atoms with Crippen molar-refractivity contribution < 1.29 is 22.7 Å². The molecule has 3 aromatic rings. The molecule has 0 heterocycles. The van der Waals surface area contributed by atoms with Crippen LogP contribution in [0.4, 0.5) is 5.69 Å². The van der Waals surface area contributed by atoms with Crippen molar-refractivity contribution in [3.05, 3.63) is 89.4 Å². The van der Waals surface area contributed by atoms with E-state index in [0.29, 0.717) is 10.8 Å². The molecule has 0 saturated heterocycles. The van der Waals surface area contributed by atoms with Crippen LogP contribution in [0.25, 0.3) is 0 Å². The highest BCUT2D eigenvalue weighted by atomic mass is 35.5. The highest BCUT2D eigenvalue weighted by Gasteiger charge is 2.33. The van der Waals surface area contributed by atoms with Crippen LogP contribution in [0.3, 0.4) is 0 Å². The fourth-order valence-electron chi connectivity index (χ4n) is 4.76. The lowest BCUT2D eigenvalue weighted by atomic mass is 10.1. The highest BCUT2D eigenvalue weighted by Crippen LogP contribution is 2.26. The van der Waals surface area contributed by atoms with E-state index in [0.717, 1.165) is 35.6 Å². The lowest BCUT2D eigenvalue weighted by Crippen LogP contribution is -2.52. The van der Waals surface area contributed by atoms with Crippen LogP contribution in [0.2, 0.25) is 5.02 Å². The van der Waals surface area contributed by atoms with Gasteiger partial charge < -0.3 is 15.0 Å². The molecular formula is C30H34ClN3O5S. The van der Waals surface area contributed by atoms with Crippen molar-refractivity contribution in [2.24, 2.45) is 0 Å². The molecule has 1 fully saturated rings. The van der Waals surface area contributed by atoms with E-state index >= 15 is 0 Å². The first-order chi connectivity index (χ1) is 19.2. The van der Waals surface area contributed by atoms with Gasteiger partial charge in [0.1, 0.15) is 18.3 Å². The highest BCUT2D eigenvalue weighted by molar-refractivity contribution is 7.92. The molecule has 0 unspecified atom stereocenters. The molecule has 1 atom stereocenters. The predicted octanol–water partition coefficient (Wildman–Crippen LogP) is 5.02. The quantitative estimate of drug-likeness (QED) is 0.342. The Morgan fingerprint density at radius 1 is 0.975 bits per heavy atom. The number of anilines is 1. The molecule has 0 aliphatic heterocycles. The van der Waals surface area contributed by atoms with Gasteiger partial charge in [-0.2, -0.15) is 0 Å². The van der Waals surface area contributed by atoms with Crippen molar-refractivity contribution in [3.63, 3.8) is 0 Å². The van der Waals surface area contributed by atoms with E-state index in [-0.39, 0.29) is 29.1 Å². The average Bonchev–Trinajstić information content (AvgIpc) is 3.48. The summed E-state index contributed by atoms with van der Waals surface area (Å²) < 4.78 is 33.8. The zero-order valence-electron chi connectivity index (χ0n) is 22.6. The van der Waals surface area contributed by atoms with Crippen LogP contribution in [0.5, 0.6) is 5.75 Å². The summed E-state index contributed by atoms with van der Waals surface area (Å²) in [6.07, 6.45) is 3.93. The Hall–Kier alpha value is -3.56. The summed E-state index contributed by atoms with van der Waals surface area (Å²) in [5.74, 6) is -0.117. The summed E-state index contributed by atoms with van der Waals surface area (Å²) in [5.41, 5.74) is 1.06. The fraction of sp³-hybridized carbons (Fsp3) is 0.333. The molecule has 10 heteroatoms. The molecule has 2 amide bonds. The summed E-state index contributed by atoms with van der Waals surface area (Å²) in [5, 5.41) is 3.50.